The van der Waals surface area contributed by atoms with Crippen LogP contribution in [0.2, 0.25) is 5.02 Å². The smallest absolute Gasteiger partial charge is 0.263 e. The van der Waals surface area contributed by atoms with Crippen LogP contribution in [0.4, 0.5) is 15.8 Å². The second kappa shape index (κ2) is 6.61. The van der Waals surface area contributed by atoms with Crippen LogP contribution in [0.1, 0.15) is 30.1 Å². The summed E-state index contributed by atoms with van der Waals surface area (Å²) in [6, 6.07) is 11.1. The van der Waals surface area contributed by atoms with Gasteiger partial charge in [-0.2, -0.15) is 0 Å². The average Bonchev–Trinajstić information content (AvgIpc) is 3.33. The van der Waals surface area contributed by atoms with E-state index >= 15 is 0 Å². The Balaban J connectivity index is 1.93. The van der Waals surface area contributed by atoms with Gasteiger partial charge in [-0.25, -0.2) is 4.39 Å². The summed E-state index contributed by atoms with van der Waals surface area (Å²) in [5, 5.41) is 2.77. The number of halogens is 2. The maximum Gasteiger partial charge on any atom is 0.263 e. The molecule has 1 fully saturated rings. The first kappa shape index (κ1) is 16.5. The Morgan fingerprint density at radius 2 is 1.83 bits per heavy atom. The fraction of sp³-hybridized carbons (Fsp3) is 0.222. The topological polar surface area (TPSA) is 49.4 Å². The summed E-state index contributed by atoms with van der Waals surface area (Å²) < 4.78 is 14.1. The molecule has 0 bridgehead atoms. The predicted octanol–water partition coefficient (Wildman–Crippen LogP) is 4.25. The third-order valence-corrected chi connectivity index (χ3v) is 4.09. The number of carbonyl (C=O) groups is 2. The lowest BCUT2D eigenvalue weighted by atomic mass is 10.1. The van der Waals surface area contributed by atoms with Gasteiger partial charge >= 0.3 is 0 Å². The van der Waals surface area contributed by atoms with Gasteiger partial charge in [0, 0.05) is 24.3 Å². The van der Waals surface area contributed by atoms with Crippen molar-refractivity contribution in [3.63, 3.8) is 0 Å². The van der Waals surface area contributed by atoms with Gasteiger partial charge in [0.1, 0.15) is 5.82 Å². The lowest BCUT2D eigenvalue weighted by Crippen LogP contribution is -2.33. The van der Waals surface area contributed by atoms with E-state index in [4.69, 9.17) is 11.6 Å². The molecule has 0 spiro atoms. The molecule has 1 aliphatic rings. The molecule has 0 aromatic heterocycles. The van der Waals surface area contributed by atoms with E-state index < -0.39 is 11.7 Å². The van der Waals surface area contributed by atoms with Crippen LogP contribution < -0.4 is 10.2 Å². The fourth-order valence-corrected chi connectivity index (χ4v) is 2.80. The molecule has 1 saturated carbocycles. The van der Waals surface area contributed by atoms with E-state index in [1.165, 1.54) is 25.1 Å². The number of hydrogen-bond donors (Lipinski definition) is 1. The van der Waals surface area contributed by atoms with Crippen molar-refractivity contribution in [3.8, 4) is 0 Å². The Hall–Kier alpha value is -2.40. The standard InChI is InChI=1S/C18H16ClFN2O2/c1-11(23)21-12-5-7-13(8-6-12)22(14-9-10-14)18(24)17-15(19)3-2-4-16(17)20/h2-8,14H,9-10H2,1H3,(H,21,23). The molecule has 4 nitrogen and oxygen atoms in total. The zero-order chi connectivity index (χ0) is 17.3. The number of amides is 2. The van der Waals surface area contributed by atoms with Gasteiger partial charge < -0.3 is 10.2 Å². The van der Waals surface area contributed by atoms with Crippen molar-refractivity contribution < 1.29 is 14.0 Å². The van der Waals surface area contributed by atoms with Crippen LogP contribution >= 0.6 is 11.6 Å². The molecule has 6 heteroatoms. The maximum absolute atomic E-state index is 14.1. The Bertz CT molecular complexity index is 768. The first-order valence-electron chi connectivity index (χ1n) is 7.62. The molecule has 2 amide bonds. The first-order chi connectivity index (χ1) is 11.5. The number of benzene rings is 2. The molecule has 1 aliphatic carbocycles. The molecule has 3 rings (SSSR count). The molecular weight excluding hydrogens is 331 g/mol. The molecule has 1 N–H and O–H groups in total. The summed E-state index contributed by atoms with van der Waals surface area (Å²) in [4.78, 5) is 25.5. The lowest BCUT2D eigenvalue weighted by molar-refractivity contribution is -0.114. The van der Waals surface area contributed by atoms with Gasteiger partial charge in [0.25, 0.3) is 5.91 Å². The van der Waals surface area contributed by atoms with Crippen LogP contribution in [0.5, 0.6) is 0 Å². The van der Waals surface area contributed by atoms with Crippen molar-refractivity contribution in [2.24, 2.45) is 0 Å². The van der Waals surface area contributed by atoms with E-state index in [1.807, 2.05) is 0 Å². The number of nitrogens with zero attached hydrogens (tertiary/aromatic N) is 1. The minimum atomic E-state index is -0.631. The van der Waals surface area contributed by atoms with Gasteiger partial charge in [0.15, 0.2) is 0 Å². The first-order valence-corrected chi connectivity index (χ1v) is 8.00. The molecule has 0 atom stereocenters. The second-order valence-electron chi connectivity index (χ2n) is 5.73. The highest BCUT2D eigenvalue weighted by Gasteiger charge is 2.36. The number of rotatable bonds is 4. The van der Waals surface area contributed by atoms with E-state index in [9.17, 15) is 14.0 Å². The third-order valence-electron chi connectivity index (χ3n) is 3.77. The van der Waals surface area contributed by atoms with Gasteiger partial charge in [0.2, 0.25) is 5.91 Å². The summed E-state index contributed by atoms with van der Waals surface area (Å²) in [5.74, 6) is -1.25. The largest absolute Gasteiger partial charge is 0.326 e. The number of hydrogen-bond acceptors (Lipinski definition) is 2. The number of anilines is 2. The zero-order valence-corrected chi connectivity index (χ0v) is 13.8. The average molecular weight is 347 g/mol. The van der Waals surface area contributed by atoms with E-state index in [0.29, 0.717) is 11.4 Å². The highest BCUT2D eigenvalue weighted by molar-refractivity contribution is 6.34. The van der Waals surface area contributed by atoms with Gasteiger partial charge in [-0.05, 0) is 49.2 Å². The van der Waals surface area contributed by atoms with Crippen LogP contribution in [-0.2, 0) is 4.79 Å². The van der Waals surface area contributed by atoms with Crippen molar-refractivity contribution in [3.05, 3.63) is 58.9 Å². The SMILES string of the molecule is CC(=O)Nc1ccc(N(C(=O)c2c(F)cccc2Cl)C2CC2)cc1. The minimum absolute atomic E-state index is 0.0415. The Labute approximate surface area is 144 Å². The molecule has 124 valence electrons. The van der Waals surface area contributed by atoms with Crippen LogP contribution in [0.15, 0.2) is 42.5 Å². The maximum atomic E-state index is 14.1. The lowest BCUT2D eigenvalue weighted by Gasteiger charge is -2.23. The molecule has 2 aromatic rings. The van der Waals surface area contributed by atoms with Gasteiger partial charge in [-0.3, -0.25) is 9.59 Å². The Morgan fingerprint density at radius 1 is 1.17 bits per heavy atom. The quantitative estimate of drug-likeness (QED) is 0.899. The summed E-state index contributed by atoms with van der Waals surface area (Å²) in [7, 11) is 0. The van der Waals surface area contributed by atoms with Gasteiger partial charge in [-0.1, -0.05) is 17.7 Å². The van der Waals surface area contributed by atoms with E-state index in [-0.39, 0.29) is 22.5 Å². The molecule has 0 aliphatic heterocycles. The van der Waals surface area contributed by atoms with E-state index in [2.05, 4.69) is 5.32 Å². The van der Waals surface area contributed by atoms with E-state index in [1.54, 1.807) is 29.2 Å². The van der Waals surface area contributed by atoms with Crippen molar-refractivity contribution in [1.29, 1.82) is 0 Å². The molecule has 0 unspecified atom stereocenters. The summed E-state index contributed by atoms with van der Waals surface area (Å²) in [6.45, 7) is 1.42. The summed E-state index contributed by atoms with van der Waals surface area (Å²) in [5.41, 5.74) is 1.17. The van der Waals surface area contributed by atoms with Crippen LogP contribution in [0.3, 0.4) is 0 Å². The molecule has 2 aromatic carbocycles. The molecule has 0 saturated heterocycles. The van der Waals surface area contributed by atoms with Gasteiger partial charge in [-0.15, -0.1) is 0 Å². The van der Waals surface area contributed by atoms with Crippen molar-refractivity contribution in [1.82, 2.24) is 0 Å². The normalized spacial score (nSPS) is 13.5. The van der Waals surface area contributed by atoms with Crippen molar-refractivity contribution in [2.75, 3.05) is 10.2 Å². The van der Waals surface area contributed by atoms with Crippen LogP contribution in [0, 0.1) is 5.82 Å². The molecule has 0 radical (unpaired) electrons. The third kappa shape index (κ3) is 3.41. The summed E-state index contributed by atoms with van der Waals surface area (Å²) in [6.07, 6.45) is 1.73. The zero-order valence-electron chi connectivity index (χ0n) is 13.1. The number of nitrogens with one attached hydrogen (secondary N) is 1. The van der Waals surface area contributed by atoms with Crippen LogP contribution in [0.25, 0.3) is 0 Å². The molecular formula is C18H16ClFN2O2. The Morgan fingerprint density at radius 3 is 2.38 bits per heavy atom. The number of carbonyl (C=O) groups excluding carboxylic acids is 2. The second-order valence-corrected chi connectivity index (χ2v) is 6.14. The van der Waals surface area contributed by atoms with Gasteiger partial charge in [0.05, 0.1) is 10.6 Å². The summed E-state index contributed by atoms with van der Waals surface area (Å²) >= 11 is 6.03. The predicted molar refractivity (Wildman–Crippen MR) is 92.0 cm³/mol. The molecule has 0 heterocycles. The van der Waals surface area contributed by atoms with E-state index in [0.717, 1.165) is 12.8 Å². The highest BCUT2D eigenvalue weighted by atomic mass is 35.5. The van der Waals surface area contributed by atoms with Crippen molar-refractivity contribution in [2.45, 2.75) is 25.8 Å². The van der Waals surface area contributed by atoms with Crippen molar-refractivity contribution >= 4 is 34.8 Å². The monoisotopic (exact) mass is 346 g/mol. The fourth-order valence-electron chi connectivity index (χ4n) is 2.56. The molecule has 24 heavy (non-hydrogen) atoms. The Kier molecular flexibility index (Phi) is 4.53. The van der Waals surface area contributed by atoms with Crippen LogP contribution in [-0.4, -0.2) is 17.9 Å². The minimum Gasteiger partial charge on any atom is -0.326 e. The highest BCUT2D eigenvalue weighted by Crippen LogP contribution is 2.35.